The average Bonchev–Trinajstić information content (AvgIpc) is 2.77. The van der Waals surface area contributed by atoms with Crippen LogP contribution in [0.15, 0.2) is 49.1 Å². The minimum absolute atomic E-state index is 0.370. The van der Waals surface area contributed by atoms with E-state index in [1.807, 2.05) is 24.3 Å². The van der Waals surface area contributed by atoms with Gasteiger partial charge in [-0.15, -0.1) is 0 Å². The molecule has 0 aromatic carbocycles. The normalized spacial score (nSPS) is 10.1. The fourth-order valence-electron chi connectivity index (χ4n) is 1.35. The van der Waals surface area contributed by atoms with Crippen molar-refractivity contribution in [3.05, 3.63) is 49.1 Å². The van der Waals surface area contributed by atoms with Crippen LogP contribution >= 0.6 is 0 Å². The Bertz CT molecular complexity index is 289. The van der Waals surface area contributed by atoms with Crippen LogP contribution in [-0.2, 0) is 0 Å². The topological polar surface area (TPSA) is 9.86 Å². The van der Waals surface area contributed by atoms with E-state index in [2.05, 4.69) is 40.6 Å². The van der Waals surface area contributed by atoms with Gasteiger partial charge >= 0.3 is 6.98 Å². The van der Waals surface area contributed by atoms with Gasteiger partial charge in [-0.2, -0.15) is 0 Å². The molecule has 0 aliphatic rings. The molecule has 60 valence electrons. The van der Waals surface area contributed by atoms with Crippen molar-refractivity contribution < 1.29 is 0 Å². The summed E-state index contributed by atoms with van der Waals surface area (Å²) in [5.41, 5.74) is 0. The lowest BCUT2D eigenvalue weighted by Gasteiger charge is -2.10. The van der Waals surface area contributed by atoms with Crippen LogP contribution < -0.4 is 0 Å². The van der Waals surface area contributed by atoms with Crippen LogP contribution in [0.5, 0.6) is 0 Å². The fourth-order valence-corrected chi connectivity index (χ4v) is 1.35. The van der Waals surface area contributed by atoms with E-state index in [0.29, 0.717) is 6.98 Å². The third-order valence-electron chi connectivity index (χ3n) is 2.12. The number of hydrogen-bond donors (Lipinski definition) is 0. The lowest BCUT2D eigenvalue weighted by atomic mass is 9.80. The Labute approximate surface area is 72.6 Å². The highest BCUT2D eigenvalue weighted by Gasteiger charge is 2.09. The molecule has 0 aliphatic heterocycles. The van der Waals surface area contributed by atoms with Gasteiger partial charge < -0.3 is 8.96 Å². The fraction of sp³-hybridized carbons (Fsp3) is 0.111. The van der Waals surface area contributed by atoms with E-state index in [1.54, 1.807) is 0 Å². The molecule has 3 heteroatoms. The first-order valence-corrected chi connectivity index (χ1v) is 4.13. The Morgan fingerprint density at radius 3 is 1.42 bits per heavy atom. The minimum atomic E-state index is 0.370. The van der Waals surface area contributed by atoms with Crippen molar-refractivity contribution in [3.8, 4) is 0 Å². The molecular weight excluding hydrogens is 147 g/mol. The number of hydrogen-bond acceptors (Lipinski definition) is 0. The van der Waals surface area contributed by atoms with Crippen LogP contribution in [0, 0.1) is 0 Å². The van der Waals surface area contributed by atoms with Crippen molar-refractivity contribution in [2.45, 2.75) is 6.82 Å². The highest BCUT2D eigenvalue weighted by Crippen LogP contribution is 1.98. The summed E-state index contributed by atoms with van der Waals surface area (Å²) in [5, 5.41) is 0. The Morgan fingerprint density at radius 1 is 0.750 bits per heavy atom. The summed E-state index contributed by atoms with van der Waals surface area (Å²) < 4.78 is 4.33. The van der Waals surface area contributed by atoms with Crippen molar-refractivity contribution in [2.24, 2.45) is 0 Å². The van der Waals surface area contributed by atoms with Crippen molar-refractivity contribution >= 4 is 6.98 Å². The molecule has 0 fully saturated rings. The van der Waals surface area contributed by atoms with Gasteiger partial charge in [-0.3, -0.25) is 0 Å². The maximum absolute atomic E-state index is 2.17. The maximum atomic E-state index is 2.17. The quantitative estimate of drug-likeness (QED) is 0.589. The predicted octanol–water partition coefficient (Wildman–Crippen LogP) is 1.80. The van der Waals surface area contributed by atoms with Crippen LogP contribution in [0.25, 0.3) is 0 Å². The third kappa shape index (κ3) is 1.18. The number of nitrogens with zero attached hydrogens (tertiary/aromatic N) is 2. The van der Waals surface area contributed by atoms with Crippen LogP contribution in [-0.4, -0.2) is 15.9 Å². The molecule has 0 bridgehead atoms. The zero-order valence-corrected chi connectivity index (χ0v) is 7.09. The second-order valence-corrected chi connectivity index (χ2v) is 2.89. The molecule has 0 N–H and O–H groups in total. The van der Waals surface area contributed by atoms with Gasteiger partial charge in [-0.1, -0.05) is 0 Å². The lowest BCUT2D eigenvalue weighted by molar-refractivity contribution is 1.07. The highest BCUT2D eigenvalue weighted by atomic mass is 15.0. The Kier molecular flexibility index (Phi) is 1.78. The van der Waals surface area contributed by atoms with Gasteiger partial charge in [-0.25, -0.2) is 0 Å². The summed E-state index contributed by atoms with van der Waals surface area (Å²) in [6, 6.07) is 8.17. The SMILES string of the molecule is CB(n1cccc1)n1cccc1. The molecule has 0 radical (unpaired) electrons. The van der Waals surface area contributed by atoms with Crippen LogP contribution in [0.3, 0.4) is 0 Å². The zero-order chi connectivity index (χ0) is 8.39. The van der Waals surface area contributed by atoms with E-state index in [-0.39, 0.29) is 0 Å². The second kappa shape index (κ2) is 2.93. The zero-order valence-electron chi connectivity index (χ0n) is 7.09. The molecule has 2 nitrogen and oxygen atoms in total. The summed E-state index contributed by atoms with van der Waals surface area (Å²) >= 11 is 0. The van der Waals surface area contributed by atoms with Gasteiger partial charge in [0.25, 0.3) is 0 Å². The first kappa shape index (κ1) is 7.28. The summed E-state index contributed by atoms with van der Waals surface area (Å²) in [7, 11) is 0. The predicted molar refractivity (Wildman–Crippen MR) is 51.3 cm³/mol. The first-order chi connectivity index (χ1) is 5.88. The van der Waals surface area contributed by atoms with E-state index in [9.17, 15) is 0 Å². The standard InChI is InChI=1S/C9H11BN2/c1-10(11-6-2-3-7-11)12-8-4-5-9-12/h2-9H,1H3. The van der Waals surface area contributed by atoms with E-state index in [4.69, 9.17) is 0 Å². The second-order valence-electron chi connectivity index (χ2n) is 2.89. The van der Waals surface area contributed by atoms with Gasteiger partial charge in [0, 0.05) is 0 Å². The van der Waals surface area contributed by atoms with Crippen LogP contribution in [0.1, 0.15) is 0 Å². The van der Waals surface area contributed by atoms with Crippen LogP contribution in [0.4, 0.5) is 0 Å². The van der Waals surface area contributed by atoms with Crippen molar-refractivity contribution in [1.29, 1.82) is 0 Å². The van der Waals surface area contributed by atoms with Crippen molar-refractivity contribution in [2.75, 3.05) is 0 Å². The molecule has 12 heavy (non-hydrogen) atoms. The van der Waals surface area contributed by atoms with E-state index in [1.165, 1.54) is 0 Å². The first-order valence-electron chi connectivity index (χ1n) is 4.13. The van der Waals surface area contributed by atoms with Crippen LogP contribution in [0.2, 0.25) is 6.82 Å². The molecule has 0 amide bonds. The maximum Gasteiger partial charge on any atom is 0.379 e. The minimum Gasteiger partial charge on any atom is -0.378 e. The molecule has 2 rings (SSSR count). The van der Waals surface area contributed by atoms with Crippen molar-refractivity contribution in [1.82, 2.24) is 8.96 Å². The largest absolute Gasteiger partial charge is 0.379 e. The van der Waals surface area contributed by atoms with Gasteiger partial charge in [0.15, 0.2) is 0 Å². The molecule has 0 atom stereocenters. The average molecular weight is 158 g/mol. The van der Waals surface area contributed by atoms with E-state index >= 15 is 0 Å². The molecule has 0 unspecified atom stereocenters. The number of aromatic nitrogens is 2. The highest BCUT2D eigenvalue weighted by molar-refractivity contribution is 6.53. The Morgan fingerprint density at radius 2 is 1.08 bits per heavy atom. The van der Waals surface area contributed by atoms with Gasteiger partial charge in [0.1, 0.15) is 0 Å². The molecule has 2 heterocycles. The van der Waals surface area contributed by atoms with E-state index < -0.39 is 0 Å². The van der Waals surface area contributed by atoms with Crippen molar-refractivity contribution in [3.63, 3.8) is 0 Å². The molecule has 0 aliphatic carbocycles. The molecule has 2 aromatic heterocycles. The third-order valence-corrected chi connectivity index (χ3v) is 2.12. The Hall–Kier alpha value is -1.38. The molecule has 0 saturated heterocycles. The molecule has 0 spiro atoms. The summed E-state index contributed by atoms with van der Waals surface area (Å²) in [5.74, 6) is 0. The van der Waals surface area contributed by atoms with Gasteiger partial charge in [0.2, 0.25) is 0 Å². The monoisotopic (exact) mass is 158 g/mol. The Balaban J connectivity index is 2.27. The van der Waals surface area contributed by atoms with Gasteiger partial charge in [-0.05, 0) is 55.9 Å². The van der Waals surface area contributed by atoms with Gasteiger partial charge in [0.05, 0.1) is 0 Å². The molecule has 0 saturated carbocycles. The summed E-state index contributed by atoms with van der Waals surface area (Å²) in [6.45, 7) is 2.54. The number of rotatable bonds is 2. The summed E-state index contributed by atoms with van der Waals surface area (Å²) in [6.07, 6.45) is 8.30. The smallest absolute Gasteiger partial charge is 0.378 e. The molecular formula is C9H11BN2. The molecule has 2 aromatic rings. The summed E-state index contributed by atoms with van der Waals surface area (Å²) in [4.78, 5) is 0. The van der Waals surface area contributed by atoms with E-state index in [0.717, 1.165) is 0 Å². The lowest BCUT2D eigenvalue weighted by Crippen LogP contribution is -2.27.